The Hall–Kier alpha value is -1.76. The highest BCUT2D eigenvalue weighted by molar-refractivity contribution is 14.0. The SMILES string of the molecule is I.NC(=NCC1CCN(c2ccccc2)C1)Nc1ccc2c(c1)CCC2. The second-order valence-electron chi connectivity index (χ2n) is 7.12. The van der Waals surface area contributed by atoms with Gasteiger partial charge in [0, 0.05) is 31.0 Å². The molecule has 0 spiro atoms. The lowest BCUT2D eigenvalue weighted by Gasteiger charge is -2.18. The Morgan fingerprint density at radius 2 is 1.92 bits per heavy atom. The van der Waals surface area contributed by atoms with Crippen molar-refractivity contribution in [3.05, 3.63) is 59.7 Å². The van der Waals surface area contributed by atoms with Crippen molar-refractivity contribution in [2.24, 2.45) is 16.6 Å². The highest BCUT2D eigenvalue weighted by Gasteiger charge is 2.22. The summed E-state index contributed by atoms with van der Waals surface area (Å²) in [6.45, 7) is 2.94. The van der Waals surface area contributed by atoms with Gasteiger partial charge in [0.2, 0.25) is 0 Å². The minimum atomic E-state index is 0. The number of para-hydroxylation sites is 1. The summed E-state index contributed by atoms with van der Waals surface area (Å²) in [5.74, 6) is 1.09. The average Bonchev–Trinajstić information content (AvgIpc) is 3.30. The molecule has 4 nitrogen and oxygen atoms in total. The molecule has 0 bridgehead atoms. The van der Waals surface area contributed by atoms with Crippen LogP contribution in [0.2, 0.25) is 0 Å². The number of rotatable bonds is 4. The fourth-order valence-electron chi connectivity index (χ4n) is 3.92. The van der Waals surface area contributed by atoms with Crippen LogP contribution in [0.5, 0.6) is 0 Å². The van der Waals surface area contributed by atoms with Gasteiger partial charge in [0.1, 0.15) is 0 Å². The molecule has 1 atom stereocenters. The van der Waals surface area contributed by atoms with Crippen molar-refractivity contribution in [1.82, 2.24) is 0 Å². The maximum Gasteiger partial charge on any atom is 0.193 e. The Bertz CT molecular complexity index is 760. The zero-order valence-corrected chi connectivity index (χ0v) is 17.4. The van der Waals surface area contributed by atoms with Gasteiger partial charge in [0.05, 0.1) is 0 Å². The summed E-state index contributed by atoms with van der Waals surface area (Å²) >= 11 is 0. The lowest BCUT2D eigenvalue weighted by molar-refractivity contribution is 0.603. The molecule has 2 aromatic rings. The van der Waals surface area contributed by atoms with E-state index in [9.17, 15) is 0 Å². The monoisotopic (exact) mass is 462 g/mol. The van der Waals surface area contributed by atoms with E-state index >= 15 is 0 Å². The van der Waals surface area contributed by atoms with Crippen molar-refractivity contribution < 1.29 is 0 Å². The molecular weight excluding hydrogens is 435 g/mol. The zero-order valence-electron chi connectivity index (χ0n) is 15.0. The lowest BCUT2D eigenvalue weighted by atomic mass is 10.1. The minimum Gasteiger partial charge on any atom is -0.371 e. The van der Waals surface area contributed by atoms with Gasteiger partial charge in [-0.2, -0.15) is 0 Å². The number of nitrogens with one attached hydrogen (secondary N) is 1. The van der Waals surface area contributed by atoms with Crippen molar-refractivity contribution in [2.75, 3.05) is 29.9 Å². The lowest BCUT2D eigenvalue weighted by Crippen LogP contribution is -2.25. The summed E-state index contributed by atoms with van der Waals surface area (Å²) < 4.78 is 0. The number of benzene rings is 2. The molecule has 1 aliphatic heterocycles. The van der Waals surface area contributed by atoms with Crippen LogP contribution < -0.4 is 16.0 Å². The number of aryl methyl sites for hydroxylation is 2. The Kier molecular flexibility index (Phi) is 6.40. The molecule has 1 aliphatic carbocycles. The first-order valence-electron chi connectivity index (χ1n) is 9.27. The quantitative estimate of drug-likeness (QED) is 0.410. The molecule has 1 unspecified atom stereocenters. The summed E-state index contributed by atoms with van der Waals surface area (Å²) in [6, 6.07) is 17.2. The van der Waals surface area contributed by atoms with Crippen LogP contribution in [0.25, 0.3) is 0 Å². The van der Waals surface area contributed by atoms with Gasteiger partial charge in [0.15, 0.2) is 5.96 Å². The summed E-state index contributed by atoms with van der Waals surface area (Å²) in [5.41, 5.74) is 11.4. The van der Waals surface area contributed by atoms with E-state index in [0.717, 1.165) is 25.3 Å². The van der Waals surface area contributed by atoms with Gasteiger partial charge in [-0.05, 0) is 67.0 Å². The number of hydrogen-bond acceptors (Lipinski definition) is 2. The van der Waals surface area contributed by atoms with Gasteiger partial charge in [-0.15, -0.1) is 24.0 Å². The van der Waals surface area contributed by atoms with E-state index in [-0.39, 0.29) is 24.0 Å². The molecular formula is C21H27IN4. The molecule has 26 heavy (non-hydrogen) atoms. The topological polar surface area (TPSA) is 53.6 Å². The summed E-state index contributed by atoms with van der Waals surface area (Å²) in [4.78, 5) is 7.01. The predicted octanol–water partition coefficient (Wildman–Crippen LogP) is 4.05. The molecule has 4 rings (SSSR count). The first-order valence-corrected chi connectivity index (χ1v) is 9.27. The summed E-state index contributed by atoms with van der Waals surface area (Å²) in [7, 11) is 0. The molecule has 2 aromatic carbocycles. The van der Waals surface area contributed by atoms with Gasteiger partial charge in [-0.3, -0.25) is 4.99 Å². The summed E-state index contributed by atoms with van der Waals surface area (Å²) in [6.07, 6.45) is 4.82. The highest BCUT2D eigenvalue weighted by atomic mass is 127. The maximum absolute atomic E-state index is 6.10. The van der Waals surface area contributed by atoms with Crippen molar-refractivity contribution >= 4 is 41.3 Å². The number of hydrogen-bond donors (Lipinski definition) is 2. The second kappa shape index (κ2) is 8.75. The third-order valence-electron chi connectivity index (χ3n) is 5.30. The number of halogens is 1. The van der Waals surface area contributed by atoms with Gasteiger partial charge < -0.3 is 16.0 Å². The molecule has 0 amide bonds. The first kappa shape index (κ1) is 19.0. The number of nitrogens with two attached hydrogens (primary N) is 1. The Morgan fingerprint density at radius 3 is 2.77 bits per heavy atom. The predicted molar refractivity (Wildman–Crippen MR) is 121 cm³/mol. The van der Waals surface area contributed by atoms with E-state index in [1.807, 2.05) is 0 Å². The Morgan fingerprint density at radius 1 is 1.12 bits per heavy atom. The van der Waals surface area contributed by atoms with E-state index in [2.05, 4.69) is 63.7 Å². The van der Waals surface area contributed by atoms with Crippen molar-refractivity contribution in [3.63, 3.8) is 0 Å². The van der Waals surface area contributed by atoms with Crippen LogP contribution in [0.1, 0.15) is 24.0 Å². The first-order chi connectivity index (χ1) is 12.3. The van der Waals surface area contributed by atoms with E-state index in [1.165, 1.54) is 42.5 Å². The molecule has 1 saturated heterocycles. The smallest absolute Gasteiger partial charge is 0.193 e. The Balaban J connectivity index is 0.00000196. The highest BCUT2D eigenvalue weighted by Crippen LogP contribution is 2.25. The van der Waals surface area contributed by atoms with Crippen LogP contribution >= 0.6 is 24.0 Å². The van der Waals surface area contributed by atoms with Crippen molar-refractivity contribution in [2.45, 2.75) is 25.7 Å². The standard InChI is InChI=1S/C21H26N4.HI/c22-21(24-19-10-9-17-5-4-6-18(17)13-19)23-14-16-11-12-25(15-16)20-7-2-1-3-8-20;/h1-3,7-10,13,16H,4-6,11-12,14-15H2,(H3,22,23,24);1H. The largest absolute Gasteiger partial charge is 0.371 e. The zero-order chi connectivity index (χ0) is 17.1. The number of nitrogens with zero attached hydrogens (tertiary/aromatic N) is 2. The van der Waals surface area contributed by atoms with Crippen LogP contribution in [0, 0.1) is 5.92 Å². The number of aliphatic imine (C=N–C) groups is 1. The molecule has 0 radical (unpaired) electrons. The van der Waals surface area contributed by atoms with Gasteiger partial charge in [-0.25, -0.2) is 0 Å². The van der Waals surface area contributed by atoms with Gasteiger partial charge in [-0.1, -0.05) is 24.3 Å². The van der Waals surface area contributed by atoms with E-state index in [1.54, 1.807) is 0 Å². The third-order valence-corrected chi connectivity index (χ3v) is 5.30. The molecule has 2 aliphatic rings. The van der Waals surface area contributed by atoms with Gasteiger partial charge >= 0.3 is 0 Å². The molecule has 138 valence electrons. The fourth-order valence-corrected chi connectivity index (χ4v) is 3.92. The van der Waals surface area contributed by atoms with E-state index in [4.69, 9.17) is 5.73 Å². The Labute approximate surface area is 172 Å². The van der Waals surface area contributed by atoms with Crippen LogP contribution in [0.3, 0.4) is 0 Å². The molecule has 1 heterocycles. The van der Waals surface area contributed by atoms with Gasteiger partial charge in [0.25, 0.3) is 0 Å². The fraction of sp³-hybridized carbons (Fsp3) is 0.381. The number of guanidine groups is 1. The average molecular weight is 462 g/mol. The van der Waals surface area contributed by atoms with Crippen LogP contribution in [0.4, 0.5) is 11.4 Å². The summed E-state index contributed by atoms with van der Waals surface area (Å²) in [5, 5.41) is 3.25. The number of fused-ring (bicyclic) bond motifs is 1. The van der Waals surface area contributed by atoms with Crippen LogP contribution in [0.15, 0.2) is 53.5 Å². The minimum absolute atomic E-state index is 0. The number of anilines is 2. The van der Waals surface area contributed by atoms with E-state index < -0.39 is 0 Å². The molecule has 0 saturated carbocycles. The molecule has 1 fully saturated rings. The molecule has 5 heteroatoms. The maximum atomic E-state index is 6.10. The molecule has 0 aromatic heterocycles. The van der Waals surface area contributed by atoms with Crippen molar-refractivity contribution in [1.29, 1.82) is 0 Å². The molecule has 3 N–H and O–H groups in total. The van der Waals surface area contributed by atoms with Crippen molar-refractivity contribution in [3.8, 4) is 0 Å². The third kappa shape index (κ3) is 4.50. The normalized spacial score (nSPS) is 19.2. The van der Waals surface area contributed by atoms with Crippen LogP contribution in [-0.2, 0) is 12.8 Å². The van der Waals surface area contributed by atoms with Crippen LogP contribution in [-0.4, -0.2) is 25.6 Å². The second-order valence-corrected chi connectivity index (χ2v) is 7.12. The van der Waals surface area contributed by atoms with E-state index in [0.29, 0.717) is 11.9 Å².